The lowest BCUT2D eigenvalue weighted by Gasteiger charge is -2.30. The third-order valence-corrected chi connectivity index (χ3v) is 5.02. The van der Waals surface area contributed by atoms with Crippen molar-refractivity contribution >= 4 is 27.6 Å². The number of likely N-dealkylation sites (tertiary alicyclic amines) is 1. The Balaban J connectivity index is 1.66. The predicted molar refractivity (Wildman–Crippen MR) is 92.4 cm³/mol. The van der Waals surface area contributed by atoms with Gasteiger partial charge in [-0.1, -0.05) is 37.3 Å². The molecule has 3 heteroatoms. The first-order chi connectivity index (χ1) is 11.2. The molecule has 0 unspecified atom stereocenters. The quantitative estimate of drug-likeness (QED) is 0.703. The van der Waals surface area contributed by atoms with Crippen molar-refractivity contribution in [1.82, 2.24) is 4.90 Å². The molecule has 1 aliphatic heterocycles. The fourth-order valence-electron chi connectivity index (χ4n) is 3.54. The van der Waals surface area contributed by atoms with E-state index < -0.39 is 0 Å². The fourth-order valence-corrected chi connectivity index (χ4v) is 3.54. The standard InChI is InChI=1S/C20H21NO2/c1-14-8-10-21(11-9-14)19(22)12-16-13-23-18-7-6-15-4-2-3-5-17(15)20(16)18/h2-7,13-14H,8-12H2,1H3. The zero-order valence-electron chi connectivity index (χ0n) is 13.4. The predicted octanol–water partition coefficient (Wildman–Crippen LogP) is 4.39. The number of carbonyl (C=O) groups is 1. The molecule has 2 aromatic carbocycles. The molecule has 3 aromatic rings. The molecule has 1 aromatic heterocycles. The van der Waals surface area contributed by atoms with Crippen LogP contribution in [0.4, 0.5) is 0 Å². The minimum atomic E-state index is 0.215. The van der Waals surface area contributed by atoms with Crippen LogP contribution in [0.2, 0.25) is 0 Å². The van der Waals surface area contributed by atoms with E-state index in [9.17, 15) is 4.79 Å². The summed E-state index contributed by atoms with van der Waals surface area (Å²) >= 11 is 0. The summed E-state index contributed by atoms with van der Waals surface area (Å²) in [6.07, 6.45) is 4.40. The van der Waals surface area contributed by atoms with Gasteiger partial charge in [0.15, 0.2) is 0 Å². The molecular formula is C20H21NO2. The third-order valence-electron chi connectivity index (χ3n) is 5.02. The van der Waals surface area contributed by atoms with E-state index in [0.29, 0.717) is 6.42 Å². The molecule has 0 aliphatic carbocycles. The first kappa shape index (κ1) is 14.3. The Morgan fingerprint density at radius 2 is 1.96 bits per heavy atom. The van der Waals surface area contributed by atoms with Crippen LogP contribution in [-0.4, -0.2) is 23.9 Å². The molecule has 0 spiro atoms. The molecule has 1 fully saturated rings. The van der Waals surface area contributed by atoms with Gasteiger partial charge in [0.2, 0.25) is 5.91 Å². The maximum atomic E-state index is 12.6. The maximum Gasteiger partial charge on any atom is 0.227 e. The summed E-state index contributed by atoms with van der Waals surface area (Å²) in [6, 6.07) is 12.3. The topological polar surface area (TPSA) is 33.5 Å². The Bertz CT molecular complexity index is 856. The number of piperidine rings is 1. The van der Waals surface area contributed by atoms with Gasteiger partial charge in [0.25, 0.3) is 0 Å². The summed E-state index contributed by atoms with van der Waals surface area (Å²) in [6.45, 7) is 4.03. The number of rotatable bonds is 2. The van der Waals surface area contributed by atoms with E-state index >= 15 is 0 Å². The normalized spacial score (nSPS) is 16.3. The lowest BCUT2D eigenvalue weighted by Crippen LogP contribution is -2.38. The van der Waals surface area contributed by atoms with Crippen LogP contribution in [0.15, 0.2) is 47.1 Å². The number of carbonyl (C=O) groups excluding carboxylic acids is 1. The molecule has 1 amide bonds. The van der Waals surface area contributed by atoms with E-state index in [1.54, 1.807) is 6.26 Å². The summed E-state index contributed by atoms with van der Waals surface area (Å²) in [5.41, 5.74) is 1.86. The van der Waals surface area contributed by atoms with Gasteiger partial charge >= 0.3 is 0 Å². The number of furan rings is 1. The second kappa shape index (κ2) is 5.73. The Hall–Kier alpha value is -2.29. The molecule has 4 rings (SSSR count). The SMILES string of the molecule is CC1CCN(C(=O)Cc2coc3ccc4ccccc4c23)CC1. The van der Waals surface area contributed by atoms with E-state index in [2.05, 4.69) is 25.1 Å². The van der Waals surface area contributed by atoms with E-state index in [4.69, 9.17) is 4.42 Å². The summed E-state index contributed by atoms with van der Waals surface area (Å²) in [5.74, 6) is 0.949. The van der Waals surface area contributed by atoms with E-state index in [1.807, 2.05) is 23.1 Å². The molecule has 3 nitrogen and oxygen atoms in total. The highest BCUT2D eigenvalue weighted by molar-refractivity contribution is 6.08. The lowest BCUT2D eigenvalue weighted by molar-refractivity contribution is -0.131. The summed E-state index contributed by atoms with van der Waals surface area (Å²) in [5, 5.41) is 3.43. The average Bonchev–Trinajstić information content (AvgIpc) is 2.99. The Labute approximate surface area is 135 Å². The molecule has 0 bridgehead atoms. The largest absolute Gasteiger partial charge is 0.464 e. The van der Waals surface area contributed by atoms with Crippen molar-refractivity contribution in [3.8, 4) is 0 Å². The minimum absolute atomic E-state index is 0.215. The van der Waals surface area contributed by atoms with Gasteiger partial charge in [-0.05, 0) is 35.6 Å². The highest BCUT2D eigenvalue weighted by Gasteiger charge is 2.22. The smallest absolute Gasteiger partial charge is 0.227 e. The van der Waals surface area contributed by atoms with Crippen LogP contribution < -0.4 is 0 Å². The summed E-state index contributed by atoms with van der Waals surface area (Å²) in [7, 11) is 0. The van der Waals surface area contributed by atoms with Gasteiger partial charge in [-0.25, -0.2) is 0 Å². The number of amides is 1. The molecule has 0 atom stereocenters. The molecule has 1 aliphatic rings. The van der Waals surface area contributed by atoms with Gasteiger partial charge in [0.05, 0.1) is 12.7 Å². The van der Waals surface area contributed by atoms with Crippen LogP contribution in [0.5, 0.6) is 0 Å². The highest BCUT2D eigenvalue weighted by atomic mass is 16.3. The Morgan fingerprint density at radius 3 is 2.78 bits per heavy atom. The monoisotopic (exact) mass is 307 g/mol. The molecule has 2 heterocycles. The first-order valence-electron chi connectivity index (χ1n) is 8.38. The van der Waals surface area contributed by atoms with E-state index in [0.717, 1.165) is 53.8 Å². The van der Waals surface area contributed by atoms with Crippen LogP contribution in [-0.2, 0) is 11.2 Å². The second-order valence-electron chi connectivity index (χ2n) is 6.66. The number of hydrogen-bond donors (Lipinski definition) is 0. The van der Waals surface area contributed by atoms with Gasteiger partial charge in [0, 0.05) is 24.0 Å². The Morgan fingerprint density at radius 1 is 1.17 bits per heavy atom. The van der Waals surface area contributed by atoms with Crippen molar-refractivity contribution in [2.24, 2.45) is 5.92 Å². The zero-order chi connectivity index (χ0) is 15.8. The van der Waals surface area contributed by atoms with Crippen molar-refractivity contribution in [3.05, 3.63) is 48.2 Å². The van der Waals surface area contributed by atoms with Gasteiger partial charge in [-0.3, -0.25) is 4.79 Å². The molecule has 0 N–H and O–H groups in total. The van der Waals surface area contributed by atoms with Crippen LogP contribution in [0, 0.1) is 5.92 Å². The van der Waals surface area contributed by atoms with Crippen molar-refractivity contribution < 1.29 is 9.21 Å². The van der Waals surface area contributed by atoms with Gasteiger partial charge in [0.1, 0.15) is 5.58 Å². The first-order valence-corrected chi connectivity index (χ1v) is 8.38. The van der Waals surface area contributed by atoms with Gasteiger partial charge in [-0.2, -0.15) is 0 Å². The van der Waals surface area contributed by atoms with Crippen LogP contribution in [0.1, 0.15) is 25.3 Å². The minimum Gasteiger partial charge on any atom is -0.464 e. The zero-order valence-corrected chi connectivity index (χ0v) is 13.4. The van der Waals surface area contributed by atoms with Crippen molar-refractivity contribution in [2.45, 2.75) is 26.2 Å². The highest BCUT2D eigenvalue weighted by Crippen LogP contribution is 2.30. The Kier molecular flexibility index (Phi) is 3.56. The summed E-state index contributed by atoms with van der Waals surface area (Å²) < 4.78 is 5.69. The molecule has 0 saturated carbocycles. The van der Waals surface area contributed by atoms with Gasteiger partial charge < -0.3 is 9.32 Å². The number of hydrogen-bond acceptors (Lipinski definition) is 2. The lowest BCUT2D eigenvalue weighted by atomic mass is 9.98. The van der Waals surface area contributed by atoms with Crippen LogP contribution in [0.3, 0.4) is 0 Å². The number of nitrogens with zero attached hydrogens (tertiary/aromatic N) is 1. The second-order valence-corrected chi connectivity index (χ2v) is 6.66. The molecule has 23 heavy (non-hydrogen) atoms. The van der Waals surface area contributed by atoms with Crippen molar-refractivity contribution in [1.29, 1.82) is 0 Å². The fraction of sp³-hybridized carbons (Fsp3) is 0.350. The third kappa shape index (κ3) is 2.61. The van der Waals surface area contributed by atoms with Gasteiger partial charge in [-0.15, -0.1) is 0 Å². The van der Waals surface area contributed by atoms with E-state index in [1.165, 1.54) is 5.39 Å². The van der Waals surface area contributed by atoms with Crippen molar-refractivity contribution in [2.75, 3.05) is 13.1 Å². The summed E-state index contributed by atoms with van der Waals surface area (Å²) in [4.78, 5) is 14.6. The molecular weight excluding hydrogens is 286 g/mol. The maximum absolute atomic E-state index is 12.6. The van der Waals surface area contributed by atoms with Crippen LogP contribution >= 0.6 is 0 Å². The molecule has 0 radical (unpaired) electrons. The van der Waals surface area contributed by atoms with Crippen LogP contribution in [0.25, 0.3) is 21.7 Å². The number of fused-ring (bicyclic) bond motifs is 3. The number of benzene rings is 2. The average molecular weight is 307 g/mol. The molecule has 118 valence electrons. The molecule has 1 saturated heterocycles. The van der Waals surface area contributed by atoms with Crippen molar-refractivity contribution in [3.63, 3.8) is 0 Å². The van der Waals surface area contributed by atoms with E-state index in [-0.39, 0.29) is 5.91 Å².